The van der Waals surface area contributed by atoms with Crippen molar-refractivity contribution < 1.29 is 20.1 Å². The molecule has 1 aliphatic rings. The van der Waals surface area contributed by atoms with E-state index in [-0.39, 0.29) is 0 Å². The fourth-order valence-corrected chi connectivity index (χ4v) is 1.26. The van der Waals surface area contributed by atoms with Crippen LogP contribution in [0.15, 0.2) is 0 Å². The number of aliphatic carboxylic acids is 1. The first kappa shape index (κ1) is 11.4. The molecule has 12 heavy (non-hydrogen) atoms. The van der Waals surface area contributed by atoms with Gasteiger partial charge in [0.15, 0.2) is 0 Å². The van der Waals surface area contributed by atoms with Gasteiger partial charge in [0, 0.05) is 20.1 Å². The molecule has 0 aromatic carbocycles. The van der Waals surface area contributed by atoms with Crippen LogP contribution >= 0.6 is 0 Å². The molecule has 0 amide bonds. The molecule has 1 fully saturated rings. The lowest BCUT2D eigenvalue weighted by Gasteiger charge is -2.12. The van der Waals surface area contributed by atoms with Crippen molar-refractivity contribution in [3.8, 4) is 0 Å². The van der Waals surface area contributed by atoms with Gasteiger partial charge in [0.2, 0.25) is 0 Å². The summed E-state index contributed by atoms with van der Waals surface area (Å²) in [5, 5.41) is 24.6. The van der Waals surface area contributed by atoms with Crippen LogP contribution in [0.4, 0.5) is 0 Å². The molecule has 0 aromatic rings. The standard InChI is InChI=1S/C6H11NO3.CH4O/c1-7-3-4(8)2-5(7)6(9)10;1-2/h4-5,8H,2-3H2,1H3,(H,9,10);2H,1H3. The number of likely N-dealkylation sites (N-methyl/N-ethyl adjacent to an activating group) is 1. The second-order valence-electron chi connectivity index (χ2n) is 2.68. The Morgan fingerprint density at radius 2 is 2.00 bits per heavy atom. The maximum absolute atomic E-state index is 10.4. The second kappa shape index (κ2) is 5.08. The molecule has 2 unspecified atom stereocenters. The van der Waals surface area contributed by atoms with Crippen LogP contribution in [0.5, 0.6) is 0 Å². The number of hydrogen-bond donors (Lipinski definition) is 3. The predicted octanol–water partition coefficient (Wildman–Crippen LogP) is -1.26. The Morgan fingerprint density at radius 1 is 1.50 bits per heavy atom. The van der Waals surface area contributed by atoms with Gasteiger partial charge >= 0.3 is 5.97 Å². The average molecular weight is 177 g/mol. The van der Waals surface area contributed by atoms with E-state index in [1.54, 1.807) is 11.9 Å². The first-order valence-corrected chi connectivity index (χ1v) is 3.67. The van der Waals surface area contributed by atoms with Gasteiger partial charge in [-0.2, -0.15) is 0 Å². The summed E-state index contributed by atoms with van der Waals surface area (Å²) in [5.41, 5.74) is 0. The van der Waals surface area contributed by atoms with Crippen molar-refractivity contribution in [1.29, 1.82) is 0 Å². The average Bonchev–Trinajstić information content (AvgIpc) is 2.34. The third-order valence-corrected chi connectivity index (χ3v) is 1.81. The van der Waals surface area contributed by atoms with Gasteiger partial charge in [-0.3, -0.25) is 9.69 Å². The number of likely N-dealkylation sites (tertiary alicyclic amines) is 1. The van der Waals surface area contributed by atoms with Crippen molar-refractivity contribution in [2.45, 2.75) is 18.6 Å². The van der Waals surface area contributed by atoms with Crippen LogP contribution in [-0.2, 0) is 4.79 Å². The van der Waals surface area contributed by atoms with Crippen molar-refractivity contribution in [1.82, 2.24) is 4.90 Å². The van der Waals surface area contributed by atoms with Gasteiger partial charge in [-0.15, -0.1) is 0 Å². The molecule has 0 aromatic heterocycles. The minimum Gasteiger partial charge on any atom is -0.480 e. The van der Waals surface area contributed by atoms with Gasteiger partial charge in [-0.1, -0.05) is 0 Å². The Labute approximate surface area is 71.2 Å². The van der Waals surface area contributed by atoms with E-state index in [4.69, 9.17) is 15.3 Å². The van der Waals surface area contributed by atoms with Crippen molar-refractivity contribution in [2.75, 3.05) is 20.7 Å². The normalized spacial score (nSPS) is 29.3. The number of carbonyl (C=O) groups is 1. The highest BCUT2D eigenvalue weighted by atomic mass is 16.4. The van der Waals surface area contributed by atoms with Gasteiger partial charge < -0.3 is 15.3 Å². The molecule has 5 heteroatoms. The van der Waals surface area contributed by atoms with Gasteiger partial charge in [0.25, 0.3) is 0 Å². The van der Waals surface area contributed by atoms with Crippen LogP contribution < -0.4 is 0 Å². The van der Waals surface area contributed by atoms with E-state index < -0.39 is 18.1 Å². The van der Waals surface area contributed by atoms with Crippen molar-refractivity contribution >= 4 is 5.97 Å². The summed E-state index contributed by atoms with van der Waals surface area (Å²) >= 11 is 0. The summed E-state index contributed by atoms with van der Waals surface area (Å²) < 4.78 is 0. The van der Waals surface area contributed by atoms with Crippen LogP contribution in [0.2, 0.25) is 0 Å². The van der Waals surface area contributed by atoms with Crippen LogP contribution in [0.25, 0.3) is 0 Å². The van der Waals surface area contributed by atoms with E-state index in [1.165, 1.54) is 0 Å². The highest BCUT2D eigenvalue weighted by molar-refractivity contribution is 5.73. The van der Waals surface area contributed by atoms with E-state index in [0.717, 1.165) is 7.11 Å². The molecule has 5 nitrogen and oxygen atoms in total. The van der Waals surface area contributed by atoms with Gasteiger partial charge in [0.1, 0.15) is 6.04 Å². The molecule has 0 bridgehead atoms. The molecular formula is C7H15NO4. The Balaban J connectivity index is 0.000000561. The lowest BCUT2D eigenvalue weighted by Crippen LogP contribution is -2.32. The fraction of sp³-hybridized carbons (Fsp3) is 0.857. The third kappa shape index (κ3) is 2.77. The summed E-state index contributed by atoms with van der Waals surface area (Å²) in [5.74, 6) is -0.848. The first-order chi connectivity index (χ1) is 5.61. The maximum atomic E-state index is 10.4. The number of aliphatic hydroxyl groups excluding tert-OH is 2. The Bertz CT molecular complexity index is 150. The van der Waals surface area contributed by atoms with E-state index >= 15 is 0 Å². The number of β-amino-alcohol motifs (C(OH)–C–C–N with tert-alkyl or cyclic N) is 1. The lowest BCUT2D eigenvalue weighted by atomic mass is 10.2. The van der Waals surface area contributed by atoms with E-state index in [9.17, 15) is 4.79 Å². The largest absolute Gasteiger partial charge is 0.480 e. The lowest BCUT2D eigenvalue weighted by molar-refractivity contribution is -0.141. The number of rotatable bonds is 1. The number of aliphatic hydroxyl groups is 2. The van der Waals surface area contributed by atoms with Gasteiger partial charge in [-0.05, 0) is 7.05 Å². The number of nitrogens with zero attached hydrogens (tertiary/aromatic N) is 1. The van der Waals surface area contributed by atoms with E-state index in [0.29, 0.717) is 13.0 Å². The zero-order chi connectivity index (χ0) is 9.72. The molecule has 1 aliphatic heterocycles. The molecule has 1 saturated heterocycles. The zero-order valence-corrected chi connectivity index (χ0v) is 7.27. The van der Waals surface area contributed by atoms with Crippen molar-refractivity contribution in [3.63, 3.8) is 0 Å². The molecule has 2 atom stereocenters. The van der Waals surface area contributed by atoms with Crippen LogP contribution in [0.3, 0.4) is 0 Å². The molecule has 72 valence electrons. The fourth-order valence-electron chi connectivity index (χ4n) is 1.26. The van der Waals surface area contributed by atoms with E-state index in [2.05, 4.69) is 0 Å². The summed E-state index contributed by atoms with van der Waals surface area (Å²) in [6.07, 6.45) is -0.114. The minimum absolute atomic E-state index is 0.353. The monoisotopic (exact) mass is 177 g/mol. The molecule has 1 heterocycles. The molecule has 0 aliphatic carbocycles. The third-order valence-electron chi connectivity index (χ3n) is 1.81. The Kier molecular flexibility index (Phi) is 4.80. The van der Waals surface area contributed by atoms with Gasteiger partial charge in [-0.25, -0.2) is 0 Å². The molecule has 0 saturated carbocycles. The van der Waals surface area contributed by atoms with Crippen LogP contribution in [-0.4, -0.2) is 59.0 Å². The van der Waals surface area contributed by atoms with Crippen molar-refractivity contribution in [3.05, 3.63) is 0 Å². The number of hydrogen-bond acceptors (Lipinski definition) is 4. The molecule has 0 radical (unpaired) electrons. The summed E-state index contributed by atoms with van der Waals surface area (Å²) in [4.78, 5) is 12.1. The number of carboxylic acids is 1. The smallest absolute Gasteiger partial charge is 0.321 e. The number of carboxylic acid groups (broad SMARTS) is 1. The maximum Gasteiger partial charge on any atom is 0.321 e. The van der Waals surface area contributed by atoms with Crippen LogP contribution in [0, 0.1) is 0 Å². The topological polar surface area (TPSA) is 81.0 Å². The second-order valence-corrected chi connectivity index (χ2v) is 2.68. The molecule has 0 spiro atoms. The first-order valence-electron chi connectivity index (χ1n) is 3.67. The van der Waals surface area contributed by atoms with Crippen molar-refractivity contribution in [2.24, 2.45) is 0 Å². The quantitative estimate of drug-likeness (QED) is 0.466. The Hall–Kier alpha value is -0.650. The van der Waals surface area contributed by atoms with Crippen LogP contribution in [0.1, 0.15) is 6.42 Å². The molecular weight excluding hydrogens is 162 g/mol. The molecule has 1 rings (SSSR count). The Morgan fingerprint density at radius 3 is 2.17 bits per heavy atom. The summed E-state index contributed by atoms with van der Waals surface area (Å²) in [6, 6.07) is -0.491. The summed E-state index contributed by atoms with van der Waals surface area (Å²) in [6.45, 7) is 0.469. The predicted molar refractivity (Wildman–Crippen MR) is 42.8 cm³/mol. The highest BCUT2D eigenvalue weighted by Crippen LogP contribution is 2.14. The molecule has 3 N–H and O–H groups in total. The SMILES string of the molecule is CN1CC(O)CC1C(=O)O.CO. The van der Waals surface area contributed by atoms with Gasteiger partial charge in [0.05, 0.1) is 6.10 Å². The minimum atomic E-state index is -0.848. The van der Waals surface area contributed by atoms with E-state index in [1.807, 2.05) is 0 Å². The highest BCUT2D eigenvalue weighted by Gasteiger charge is 2.32. The summed E-state index contributed by atoms with van der Waals surface area (Å²) in [7, 11) is 2.70. The zero-order valence-electron chi connectivity index (χ0n) is 7.27.